The Morgan fingerprint density at radius 3 is 2.88 bits per heavy atom. The van der Waals surface area contributed by atoms with E-state index in [0.717, 1.165) is 28.9 Å². The molecule has 1 aromatic carbocycles. The molecule has 16 heavy (non-hydrogen) atoms. The van der Waals surface area contributed by atoms with Crippen molar-refractivity contribution < 1.29 is 5.11 Å². The van der Waals surface area contributed by atoms with Gasteiger partial charge in [0.05, 0.1) is 17.6 Å². The molecule has 3 heteroatoms. The van der Waals surface area contributed by atoms with Gasteiger partial charge in [0, 0.05) is 13.0 Å². The quantitative estimate of drug-likeness (QED) is 0.795. The van der Waals surface area contributed by atoms with Crippen molar-refractivity contribution in [3.63, 3.8) is 0 Å². The molecule has 0 atom stereocenters. The second-order valence-electron chi connectivity index (χ2n) is 4.03. The van der Waals surface area contributed by atoms with E-state index in [1.54, 1.807) is 0 Å². The summed E-state index contributed by atoms with van der Waals surface area (Å²) in [6, 6.07) is 7.98. The number of hydrogen-bond donors (Lipinski definition) is 1. The molecule has 0 spiro atoms. The summed E-state index contributed by atoms with van der Waals surface area (Å²) in [5.74, 6) is 0.975. The first kappa shape index (κ1) is 10.9. The molecule has 0 aliphatic rings. The van der Waals surface area contributed by atoms with Crippen molar-refractivity contribution in [3.8, 4) is 0 Å². The molecule has 3 nitrogen and oxygen atoms in total. The average Bonchev–Trinajstić information content (AvgIpc) is 2.57. The van der Waals surface area contributed by atoms with Crippen LogP contribution in [0.25, 0.3) is 11.0 Å². The molecule has 0 bridgehead atoms. The van der Waals surface area contributed by atoms with Crippen molar-refractivity contribution in [1.82, 2.24) is 9.55 Å². The molecule has 1 aromatic heterocycles. The molecule has 0 aliphatic carbocycles. The van der Waals surface area contributed by atoms with Gasteiger partial charge in [-0.3, -0.25) is 0 Å². The van der Waals surface area contributed by atoms with Crippen LogP contribution in [0.1, 0.15) is 12.7 Å². The number of aliphatic hydroxyl groups is 1. The molecule has 0 saturated carbocycles. The lowest BCUT2D eigenvalue weighted by Crippen LogP contribution is -2.07. The average molecular weight is 216 g/mol. The maximum absolute atomic E-state index is 9.09. The van der Waals surface area contributed by atoms with Crippen LogP contribution in [0, 0.1) is 0 Å². The van der Waals surface area contributed by atoms with E-state index < -0.39 is 0 Å². The molecule has 0 aliphatic heterocycles. The van der Waals surface area contributed by atoms with E-state index in [-0.39, 0.29) is 6.61 Å². The number of fused-ring (bicyclic) bond motifs is 1. The van der Waals surface area contributed by atoms with E-state index in [4.69, 9.17) is 5.11 Å². The summed E-state index contributed by atoms with van der Waals surface area (Å²) in [7, 11) is 0. The van der Waals surface area contributed by atoms with Crippen LogP contribution in [0.4, 0.5) is 0 Å². The van der Waals surface area contributed by atoms with Crippen LogP contribution in [-0.4, -0.2) is 21.3 Å². The van der Waals surface area contributed by atoms with Crippen LogP contribution in [-0.2, 0) is 13.0 Å². The number of aliphatic hydroxyl groups excluding tert-OH is 1. The minimum atomic E-state index is 0.129. The first-order valence-electron chi connectivity index (χ1n) is 5.41. The van der Waals surface area contributed by atoms with E-state index in [9.17, 15) is 0 Å². The lowest BCUT2D eigenvalue weighted by molar-refractivity contribution is 0.276. The number of benzene rings is 1. The van der Waals surface area contributed by atoms with E-state index >= 15 is 0 Å². The molecule has 0 radical (unpaired) electrons. The van der Waals surface area contributed by atoms with Crippen LogP contribution in [0.15, 0.2) is 36.4 Å². The number of imidazole rings is 1. The highest BCUT2D eigenvalue weighted by Gasteiger charge is 2.09. The topological polar surface area (TPSA) is 38.0 Å². The zero-order valence-electron chi connectivity index (χ0n) is 9.48. The van der Waals surface area contributed by atoms with Gasteiger partial charge in [0.1, 0.15) is 5.82 Å². The zero-order chi connectivity index (χ0) is 11.5. The lowest BCUT2D eigenvalue weighted by Gasteiger charge is -2.06. The largest absolute Gasteiger partial charge is 0.395 e. The Hall–Kier alpha value is -1.61. The molecule has 0 unspecified atom stereocenters. The fourth-order valence-electron chi connectivity index (χ4n) is 1.88. The first-order chi connectivity index (χ1) is 7.72. The summed E-state index contributed by atoms with van der Waals surface area (Å²) in [5, 5.41) is 9.09. The minimum Gasteiger partial charge on any atom is -0.395 e. The summed E-state index contributed by atoms with van der Waals surface area (Å²) in [6.45, 7) is 6.61. The number of rotatable bonds is 4. The van der Waals surface area contributed by atoms with E-state index in [2.05, 4.69) is 16.1 Å². The van der Waals surface area contributed by atoms with Crippen molar-refractivity contribution in [2.75, 3.05) is 6.61 Å². The minimum absolute atomic E-state index is 0.129. The van der Waals surface area contributed by atoms with Crippen molar-refractivity contribution in [1.29, 1.82) is 0 Å². The molecule has 84 valence electrons. The number of hydrogen-bond acceptors (Lipinski definition) is 2. The second-order valence-corrected chi connectivity index (χ2v) is 4.03. The summed E-state index contributed by atoms with van der Waals surface area (Å²) in [5.41, 5.74) is 3.13. The summed E-state index contributed by atoms with van der Waals surface area (Å²) >= 11 is 0. The summed E-state index contributed by atoms with van der Waals surface area (Å²) in [6.07, 6.45) is 0.759. The van der Waals surface area contributed by atoms with Gasteiger partial charge in [-0.25, -0.2) is 4.98 Å². The Balaban J connectivity index is 2.53. The third-order valence-electron chi connectivity index (χ3n) is 2.52. The third-order valence-corrected chi connectivity index (χ3v) is 2.52. The summed E-state index contributed by atoms with van der Waals surface area (Å²) in [4.78, 5) is 4.56. The Labute approximate surface area is 95.0 Å². The number of nitrogens with zero attached hydrogens (tertiary/aromatic N) is 2. The molecule has 0 fully saturated rings. The molecule has 1 heterocycles. The fraction of sp³-hybridized carbons (Fsp3) is 0.308. The fourth-order valence-corrected chi connectivity index (χ4v) is 1.88. The van der Waals surface area contributed by atoms with E-state index in [1.165, 1.54) is 0 Å². The van der Waals surface area contributed by atoms with Crippen molar-refractivity contribution in [3.05, 3.63) is 42.2 Å². The van der Waals surface area contributed by atoms with Gasteiger partial charge in [0.2, 0.25) is 0 Å². The van der Waals surface area contributed by atoms with Crippen molar-refractivity contribution in [2.24, 2.45) is 0 Å². The predicted molar refractivity (Wildman–Crippen MR) is 65.3 cm³/mol. The van der Waals surface area contributed by atoms with E-state index in [1.807, 2.05) is 31.2 Å². The first-order valence-corrected chi connectivity index (χ1v) is 5.41. The molecule has 2 rings (SSSR count). The van der Waals surface area contributed by atoms with Gasteiger partial charge in [0.25, 0.3) is 0 Å². The Morgan fingerprint density at radius 1 is 1.44 bits per heavy atom. The molecular weight excluding hydrogens is 200 g/mol. The Kier molecular flexibility index (Phi) is 3.06. The molecule has 0 saturated heterocycles. The molecular formula is C13H16N2O. The second kappa shape index (κ2) is 4.49. The number of aromatic nitrogens is 2. The zero-order valence-corrected chi connectivity index (χ0v) is 9.48. The van der Waals surface area contributed by atoms with Gasteiger partial charge in [-0.1, -0.05) is 24.3 Å². The van der Waals surface area contributed by atoms with Crippen molar-refractivity contribution in [2.45, 2.75) is 19.9 Å². The monoisotopic (exact) mass is 216 g/mol. The SMILES string of the molecule is C=C(C)Cc1nc2ccccc2n1CCO. The smallest absolute Gasteiger partial charge is 0.114 e. The van der Waals surface area contributed by atoms with Crippen LogP contribution < -0.4 is 0 Å². The maximum atomic E-state index is 9.09. The highest BCUT2D eigenvalue weighted by Crippen LogP contribution is 2.17. The molecule has 0 amide bonds. The standard InChI is InChI=1S/C13H16N2O/c1-10(2)9-13-14-11-5-3-4-6-12(11)15(13)7-8-16/h3-6,16H,1,7-9H2,2H3. The lowest BCUT2D eigenvalue weighted by atomic mass is 10.2. The van der Waals surface area contributed by atoms with Crippen LogP contribution in [0.5, 0.6) is 0 Å². The van der Waals surface area contributed by atoms with Crippen LogP contribution >= 0.6 is 0 Å². The van der Waals surface area contributed by atoms with Gasteiger partial charge in [0.15, 0.2) is 0 Å². The van der Waals surface area contributed by atoms with Gasteiger partial charge in [-0.15, -0.1) is 0 Å². The number of para-hydroxylation sites is 2. The van der Waals surface area contributed by atoms with Crippen LogP contribution in [0.3, 0.4) is 0 Å². The maximum Gasteiger partial charge on any atom is 0.114 e. The highest BCUT2D eigenvalue weighted by molar-refractivity contribution is 5.75. The molecule has 2 aromatic rings. The predicted octanol–water partition coefficient (Wildman–Crippen LogP) is 2.15. The van der Waals surface area contributed by atoms with Gasteiger partial charge >= 0.3 is 0 Å². The van der Waals surface area contributed by atoms with E-state index in [0.29, 0.717) is 6.54 Å². The summed E-state index contributed by atoms with van der Waals surface area (Å²) < 4.78 is 2.06. The van der Waals surface area contributed by atoms with Gasteiger partial charge < -0.3 is 9.67 Å². The van der Waals surface area contributed by atoms with Crippen molar-refractivity contribution >= 4 is 11.0 Å². The molecule has 1 N–H and O–H groups in total. The number of allylic oxidation sites excluding steroid dienone is 1. The van der Waals surface area contributed by atoms with Gasteiger partial charge in [-0.05, 0) is 19.1 Å². The third kappa shape index (κ3) is 1.99. The normalized spacial score (nSPS) is 10.9. The Morgan fingerprint density at radius 2 is 2.19 bits per heavy atom. The Bertz CT molecular complexity index is 514. The van der Waals surface area contributed by atoms with Crippen LogP contribution in [0.2, 0.25) is 0 Å². The van der Waals surface area contributed by atoms with Gasteiger partial charge in [-0.2, -0.15) is 0 Å². The highest BCUT2D eigenvalue weighted by atomic mass is 16.3.